The van der Waals surface area contributed by atoms with Crippen LogP contribution in [0.2, 0.25) is 0 Å². The number of hydrogen-bond acceptors (Lipinski definition) is 0. The van der Waals surface area contributed by atoms with E-state index in [0.717, 1.165) is 12.8 Å². The third-order valence-corrected chi connectivity index (χ3v) is 3.11. The van der Waals surface area contributed by atoms with Gasteiger partial charge in [-0.25, -0.2) is 0 Å². The van der Waals surface area contributed by atoms with E-state index in [2.05, 4.69) is 60.7 Å². The third kappa shape index (κ3) is 5.52. The molecular weight excluding hydrogens is 264 g/mol. The average Bonchev–Trinajstić information content (AvgIpc) is 2.95. The number of benzene rings is 1. The van der Waals surface area contributed by atoms with Crippen molar-refractivity contribution in [3.8, 4) is 0 Å². The van der Waals surface area contributed by atoms with Crippen LogP contribution in [-0.2, 0) is 6.42 Å². The second-order valence-corrected chi connectivity index (χ2v) is 4.17. The summed E-state index contributed by atoms with van der Waals surface area (Å²) in [5, 5.41) is 0. The smallest absolute Gasteiger partial charge is 0.00879 e. The van der Waals surface area contributed by atoms with Gasteiger partial charge in [0.1, 0.15) is 0 Å². The molecule has 0 aromatic heterocycles. The summed E-state index contributed by atoms with van der Waals surface area (Å²) in [5.74, 6) is 0. The van der Waals surface area contributed by atoms with E-state index in [0.29, 0.717) is 0 Å². The fourth-order valence-corrected chi connectivity index (χ4v) is 2.31. The maximum atomic E-state index is 2.25. The molecule has 0 heteroatoms. The second kappa shape index (κ2) is 12.9. The highest BCUT2D eigenvalue weighted by Crippen LogP contribution is 2.30. The molecule has 2 aliphatic rings. The van der Waals surface area contributed by atoms with Gasteiger partial charge < -0.3 is 0 Å². The molecule has 0 nitrogen and oxygen atoms in total. The standard InChI is InChI=1S/C16H14.3C2H6/c1-2-7-13-9-6-10-14-8-4-5-12-16(14)15(13)11-3-1;3*1-2/h2-9,11-12H,1,10H2;3*1-2H3. The molecule has 0 saturated heterocycles. The zero-order valence-corrected chi connectivity index (χ0v) is 15.2. The average molecular weight is 296 g/mol. The van der Waals surface area contributed by atoms with Gasteiger partial charge in [-0.2, -0.15) is 0 Å². The molecule has 2 aliphatic carbocycles. The maximum absolute atomic E-state index is 2.25. The van der Waals surface area contributed by atoms with Crippen molar-refractivity contribution < 1.29 is 0 Å². The summed E-state index contributed by atoms with van der Waals surface area (Å²) in [5.41, 5.74) is 5.49. The van der Waals surface area contributed by atoms with Gasteiger partial charge in [-0.15, -0.1) is 0 Å². The van der Waals surface area contributed by atoms with Gasteiger partial charge in [0.05, 0.1) is 0 Å². The summed E-state index contributed by atoms with van der Waals surface area (Å²) in [7, 11) is 0. The van der Waals surface area contributed by atoms with Crippen LogP contribution in [0.3, 0.4) is 0 Å². The first kappa shape index (κ1) is 20.2. The molecule has 0 unspecified atom stereocenters. The van der Waals surface area contributed by atoms with Crippen LogP contribution in [0.4, 0.5) is 0 Å². The lowest BCUT2D eigenvalue weighted by molar-refractivity contribution is 1.26. The van der Waals surface area contributed by atoms with E-state index in [1.807, 2.05) is 41.5 Å². The fourth-order valence-electron chi connectivity index (χ4n) is 2.31. The van der Waals surface area contributed by atoms with E-state index in [1.165, 1.54) is 22.3 Å². The lowest BCUT2D eigenvalue weighted by atomic mass is 9.96. The van der Waals surface area contributed by atoms with Crippen molar-refractivity contribution in [1.29, 1.82) is 0 Å². The number of hydrogen-bond donors (Lipinski definition) is 0. The molecular formula is C22H32. The first-order valence-electron chi connectivity index (χ1n) is 8.77. The van der Waals surface area contributed by atoms with Crippen molar-refractivity contribution in [2.75, 3.05) is 0 Å². The quantitative estimate of drug-likeness (QED) is 0.477. The molecule has 0 radical (unpaired) electrons. The van der Waals surface area contributed by atoms with Gasteiger partial charge in [-0.05, 0) is 35.1 Å². The molecule has 0 amide bonds. The minimum Gasteiger partial charge on any atom is -0.0801 e. The Morgan fingerprint density at radius 1 is 0.682 bits per heavy atom. The zero-order valence-electron chi connectivity index (χ0n) is 15.2. The van der Waals surface area contributed by atoms with E-state index in [-0.39, 0.29) is 0 Å². The molecule has 0 heterocycles. The second-order valence-electron chi connectivity index (χ2n) is 4.17. The molecule has 0 aliphatic heterocycles. The Morgan fingerprint density at radius 3 is 2.00 bits per heavy atom. The molecule has 1 aromatic rings. The Balaban J connectivity index is 0.000000661. The van der Waals surface area contributed by atoms with Crippen LogP contribution in [0, 0.1) is 0 Å². The predicted molar refractivity (Wildman–Crippen MR) is 103 cm³/mol. The van der Waals surface area contributed by atoms with E-state index in [4.69, 9.17) is 0 Å². The highest BCUT2D eigenvalue weighted by atomic mass is 14.1. The summed E-state index contributed by atoms with van der Waals surface area (Å²) in [6, 6.07) is 8.69. The molecule has 0 spiro atoms. The van der Waals surface area contributed by atoms with Crippen molar-refractivity contribution >= 4 is 5.57 Å². The first-order valence-corrected chi connectivity index (χ1v) is 8.77. The van der Waals surface area contributed by atoms with E-state index < -0.39 is 0 Å². The normalized spacial score (nSPS) is 13.7. The minimum absolute atomic E-state index is 1.03. The lowest BCUT2D eigenvalue weighted by Gasteiger charge is -2.08. The summed E-state index contributed by atoms with van der Waals surface area (Å²) >= 11 is 0. The largest absolute Gasteiger partial charge is 0.0801 e. The molecule has 120 valence electrons. The highest BCUT2D eigenvalue weighted by molar-refractivity contribution is 5.83. The van der Waals surface area contributed by atoms with Gasteiger partial charge in [0.25, 0.3) is 0 Å². The molecule has 0 atom stereocenters. The van der Waals surface area contributed by atoms with Gasteiger partial charge in [-0.3, -0.25) is 0 Å². The Morgan fingerprint density at radius 2 is 1.27 bits per heavy atom. The van der Waals surface area contributed by atoms with Crippen LogP contribution in [0.5, 0.6) is 0 Å². The molecule has 0 saturated carbocycles. The van der Waals surface area contributed by atoms with E-state index in [1.54, 1.807) is 0 Å². The van der Waals surface area contributed by atoms with Crippen LogP contribution in [0.1, 0.15) is 59.1 Å². The topological polar surface area (TPSA) is 0 Å². The van der Waals surface area contributed by atoms with Crippen LogP contribution >= 0.6 is 0 Å². The third-order valence-electron chi connectivity index (χ3n) is 3.11. The SMILES string of the molecule is C1=CC2=C(C=CC1)c1ccccc1CC=C2.CC.CC.CC. The Bertz CT molecular complexity index is 525. The first-order chi connectivity index (χ1) is 10.9. The van der Waals surface area contributed by atoms with Crippen molar-refractivity contribution in [3.05, 3.63) is 77.4 Å². The van der Waals surface area contributed by atoms with E-state index in [9.17, 15) is 0 Å². The molecule has 0 N–H and O–H groups in total. The number of allylic oxidation sites excluding steroid dienone is 8. The zero-order chi connectivity index (χ0) is 16.8. The summed E-state index contributed by atoms with van der Waals surface area (Å²) in [4.78, 5) is 0. The van der Waals surface area contributed by atoms with Gasteiger partial charge in [0, 0.05) is 0 Å². The maximum Gasteiger partial charge on any atom is -0.00879 e. The monoisotopic (exact) mass is 296 g/mol. The molecule has 3 rings (SSSR count). The molecule has 1 aromatic carbocycles. The minimum atomic E-state index is 1.03. The van der Waals surface area contributed by atoms with Crippen LogP contribution < -0.4 is 0 Å². The van der Waals surface area contributed by atoms with Gasteiger partial charge in [0.15, 0.2) is 0 Å². The molecule has 0 fully saturated rings. The Hall–Kier alpha value is -1.82. The lowest BCUT2D eigenvalue weighted by Crippen LogP contribution is -1.89. The number of fused-ring (bicyclic) bond motifs is 2. The molecule has 22 heavy (non-hydrogen) atoms. The van der Waals surface area contributed by atoms with Gasteiger partial charge in [0.2, 0.25) is 0 Å². The Kier molecular flexibility index (Phi) is 11.8. The van der Waals surface area contributed by atoms with E-state index >= 15 is 0 Å². The Labute approximate surface area is 138 Å². The van der Waals surface area contributed by atoms with Crippen molar-refractivity contribution in [2.24, 2.45) is 0 Å². The summed E-state index contributed by atoms with van der Waals surface area (Å²) in [6.45, 7) is 12.0. The summed E-state index contributed by atoms with van der Waals surface area (Å²) in [6.07, 6.45) is 15.5. The fraction of sp³-hybridized carbons (Fsp3) is 0.364. The van der Waals surface area contributed by atoms with Crippen molar-refractivity contribution in [3.63, 3.8) is 0 Å². The van der Waals surface area contributed by atoms with Crippen molar-refractivity contribution in [2.45, 2.75) is 54.4 Å². The van der Waals surface area contributed by atoms with Gasteiger partial charge in [-0.1, -0.05) is 102 Å². The number of rotatable bonds is 0. The van der Waals surface area contributed by atoms with Crippen LogP contribution in [0.15, 0.2) is 66.3 Å². The van der Waals surface area contributed by atoms with Gasteiger partial charge >= 0.3 is 0 Å². The van der Waals surface area contributed by atoms with Crippen LogP contribution in [0.25, 0.3) is 5.57 Å². The van der Waals surface area contributed by atoms with Crippen molar-refractivity contribution in [1.82, 2.24) is 0 Å². The summed E-state index contributed by atoms with van der Waals surface area (Å²) < 4.78 is 0. The molecule has 0 bridgehead atoms. The predicted octanol–water partition coefficient (Wildman–Crippen LogP) is 7.15. The van der Waals surface area contributed by atoms with Crippen LogP contribution in [-0.4, -0.2) is 0 Å². The highest BCUT2D eigenvalue weighted by Gasteiger charge is 2.10.